The van der Waals surface area contributed by atoms with E-state index in [1.165, 1.54) is 0 Å². The minimum atomic E-state index is -0.0845. The maximum atomic E-state index is 12.8. The van der Waals surface area contributed by atoms with Gasteiger partial charge < -0.3 is 15.0 Å². The molecule has 24 heavy (non-hydrogen) atoms. The predicted octanol–water partition coefficient (Wildman–Crippen LogP) is -0.176. The first-order valence-electron chi connectivity index (χ1n) is 8.27. The van der Waals surface area contributed by atoms with Gasteiger partial charge in [0.05, 0.1) is 19.0 Å². The molecule has 1 aromatic heterocycles. The summed E-state index contributed by atoms with van der Waals surface area (Å²) in [5, 5.41) is 14.7. The van der Waals surface area contributed by atoms with Crippen molar-refractivity contribution in [3.63, 3.8) is 0 Å². The average molecular weight is 334 g/mol. The van der Waals surface area contributed by atoms with Crippen LogP contribution in [-0.2, 0) is 23.1 Å². The van der Waals surface area contributed by atoms with Crippen molar-refractivity contribution < 1.29 is 9.53 Å². The summed E-state index contributed by atoms with van der Waals surface area (Å²) >= 11 is 0. The average Bonchev–Trinajstić information content (AvgIpc) is 3.02. The van der Waals surface area contributed by atoms with Crippen molar-refractivity contribution in [3.05, 3.63) is 5.82 Å². The molecule has 0 radical (unpaired) electrons. The van der Waals surface area contributed by atoms with Gasteiger partial charge in [-0.05, 0) is 36.1 Å². The molecule has 1 unspecified atom stereocenters. The summed E-state index contributed by atoms with van der Waals surface area (Å²) in [5.41, 5.74) is 0. The lowest BCUT2D eigenvalue weighted by atomic mass is 9.85. The molecule has 1 aliphatic heterocycles. The van der Waals surface area contributed by atoms with Crippen LogP contribution < -0.4 is 5.32 Å². The fourth-order valence-electron chi connectivity index (χ4n) is 2.87. The SMILES string of the molecule is CC#CCN(C)C(=O)C(CNCc1nnnn1C)C1CCOCC1. The zero-order valence-corrected chi connectivity index (χ0v) is 14.7. The Morgan fingerprint density at radius 3 is 2.88 bits per heavy atom. The molecule has 0 saturated carbocycles. The molecule has 8 heteroatoms. The highest BCUT2D eigenvalue weighted by Crippen LogP contribution is 2.25. The van der Waals surface area contributed by atoms with Crippen LogP contribution in [0, 0.1) is 23.7 Å². The summed E-state index contributed by atoms with van der Waals surface area (Å²) in [7, 11) is 3.61. The molecule has 1 amide bonds. The molecule has 1 atom stereocenters. The number of tetrazole rings is 1. The van der Waals surface area contributed by atoms with E-state index in [0.29, 0.717) is 25.6 Å². The van der Waals surface area contributed by atoms with Gasteiger partial charge in [-0.15, -0.1) is 11.0 Å². The van der Waals surface area contributed by atoms with Crippen LogP contribution >= 0.6 is 0 Å². The first kappa shape index (κ1) is 18.4. The number of hydrogen-bond acceptors (Lipinski definition) is 6. The zero-order chi connectivity index (χ0) is 17.4. The molecular formula is C16H26N6O2. The summed E-state index contributed by atoms with van der Waals surface area (Å²) < 4.78 is 7.06. The molecule has 1 saturated heterocycles. The minimum absolute atomic E-state index is 0.0845. The van der Waals surface area contributed by atoms with E-state index in [4.69, 9.17) is 4.74 Å². The first-order valence-corrected chi connectivity index (χ1v) is 8.27. The maximum absolute atomic E-state index is 12.8. The quantitative estimate of drug-likeness (QED) is 0.697. The summed E-state index contributed by atoms with van der Waals surface area (Å²) in [6.45, 7) is 4.82. The molecule has 0 aliphatic carbocycles. The second kappa shape index (κ2) is 9.35. The van der Waals surface area contributed by atoms with Crippen LogP contribution in [0.4, 0.5) is 0 Å². The number of ether oxygens (including phenoxy) is 1. The van der Waals surface area contributed by atoms with Crippen molar-refractivity contribution in [2.75, 3.05) is 33.4 Å². The van der Waals surface area contributed by atoms with Gasteiger partial charge in [-0.3, -0.25) is 4.79 Å². The Morgan fingerprint density at radius 1 is 1.50 bits per heavy atom. The summed E-state index contributed by atoms with van der Waals surface area (Å²) in [5.74, 6) is 6.91. The monoisotopic (exact) mass is 334 g/mol. The molecule has 1 aliphatic rings. The predicted molar refractivity (Wildman–Crippen MR) is 88.6 cm³/mol. The number of nitrogens with zero attached hydrogens (tertiary/aromatic N) is 5. The number of aromatic nitrogens is 4. The van der Waals surface area contributed by atoms with Gasteiger partial charge in [0.2, 0.25) is 5.91 Å². The number of hydrogen-bond donors (Lipinski definition) is 1. The third-order valence-electron chi connectivity index (χ3n) is 4.38. The molecule has 1 fully saturated rings. The van der Waals surface area contributed by atoms with Crippen molar-refractivity contribution in [2.24, 2.45) is 18.9 Å². The molecule has 1 N–H and O–H groups in total. The van der Waals surface area contributed by atoms with Gasteiger partial charge in [0, 0.05) is 33.9 Å². The molecular weight excluding hydrogens is 308 g/mol. The molecule has 0 bridgehead atoms. The van der Waals surface area contributed by atoms with E-state index >= 15 is 0 Å². The Morgan fingerprint density at radius 2 is 2.25 bits per heavy atom. The lowest BCUT2D eigenvalue weighted by molar-refractivity contribution is -0.136. The lowest BCUT2D eigenvalue weighted by Crippen LogP contribution is -2.43. The van der Waals surface area contributed by atoms with Gasteiger partial charge >= 0.3 is 0 Å². The van der Waals surface area contributed by atoms with Gasteiger partial charge in [-0.2, -0.15) is 0 Å². The second-order valence-electron chi connectivity index (χ2n) is 6.03. The van der Waals surface area contributed by atoms with Crippen LogP contribution in [0.5, 0.6) is 0 Å². The van der Waals surface area contributed by atoms with E-state index < -0.39 is 0 Å². The molecule has 2 heterocycles. The number of nitrogens with one attached hydrogen (secondary N) is 1. The van der Waals surface area contributed by atoms with Crippen LogP contribution in [0.1, 0.15) is 25.6 Å². The van der Waals surface area contributed by atoms with Crippen LogP contribution in [0.3, 0.4) is 0 Å². The number of amides is 1. The number of rotatable bonds is 7. The van der Waals surface area contributed by atoms with E-state index in [-0.39, 0.29) is 11.8 Å². The van der Waals surface area contributed by atoms with Crippen molar-refractivity contribution in [1.29, 1.82) is 0 Å². The Bertz CT molecular complexity index is 585. The molecule has 1 aromatic rings. The molecule has 8 nitrogen and oxygen atoms in total. The van der Waals surface area contributed by atoms with Gasteiger partial charge in [0.25, 0.3) is 0 Å². The topological polar surface area (TPSA) is 85.2 Å². The van der Waals surface area contributed by atoms with E-state index in [1.54, 1.807) is 23.6 Å². The Hall–Kier alpha value is -1.98. The largest absolute Gasteiger partial charge is 0.381 e. The Balaban J connectivity index is 1.97. The van der Waals surface area contributed by atoms with Crippen molar-refractivity contribution >= 4 is 5.91 Å². The molecule has 0 spiro atoms. The van der Waals surface area contributed by atoms with Crippen molar-refractivity contribution in [3.8, 4) is 11.8 Å². The highest BCUT2D eigenvalue weighted by molar-refractivity contribution is 5.79. The highest BCUT2D eigenvalue weighted by Gasteiger charge is 2.31. The van der Waals surface area contributed by atoms with Crippen LogP contribution in [0.15, 0.2) is 0 Å². The van der Waals surface area contributed by atoms with E-state index in [9.17, 15) is 4.79 Å². The van der Waals surface area contributed by atoms with Gasteiger partial charge in [0.1, 0.15) is 0 Å². The Labute approximate surface area is 142 Å². The Kier molecular flexibility index (Phi) is 7.15. The number of carbonyl (C=O) groups is 1. The van der Waals surface area contributed by atoms with E-state index in [1.807, 2.05) is 7.05 Å². The fourth-order valence-corrected chi connectivity index (χ4v) is 2.87. The molecule has 2 rings (SSSR count). The van der Waals surface area contributed by atoms with Crippen LogP contribution in [0.25, 0.3) is 0 Å². The van der Waals surface area contributed by atoms with Crippen LogP contribution in [0.2, 0.25) is 0 Å². The first-order chi connectivity index (χ1) is 11.6. The number of carbonyl (C=O) groups excluding carboxylic acids is 1. The third kappa shape index (κ3) is 5.01. The zero-order valence-electron chi connectivity index (χ0n) is 14.7. The molecule has 0 aromatic carbocycles. The van der Waals surface area contributed by atoms with Gasteiger partial charge in [-0.1, -0.05) is 5.92 Å². The van der Waals surface area contributed by atoms with Gasteiger partial charge in [-0.25, -0.2) is 4.68 Å². The van der Waals surface area contributed by atoms with Gasteiger partial charge in [0.15, 0.2) is 5.82 Å². The van der Waals surface area contributed by atoms with Crippen molar-refractivity contribution in [2.45, 2.75) is 26.3 Å². The standard InChI is InChI=1S/C16H26N6O2/c1-4-5-8-21(2)16(23)14(13-6-9-24-10-7-13)11-17-12-15-18-19-20-22(15)3/h13-14,17H,6-12H2,1-3H3. The van der Waals surface area contributed by atoms with Crippen LogP contribution in [-0.4, -0.2) is 64.4 Å². The number of aryl methyl sites for hydroxylation is 1. The second-order valence-corrected chi connectivity index (χ2v) is 6.03. The fraction of sp³-hybridized carbons (Fsp3) is 0.750. The van der Waals surface area contributed by atoms with E-state index in [2.05, 4.69) is 32.7 Å². The summed E-state index contributed by atoms with van der Waals surface area (Å²) in [6.07, 6.45) is 1.83. The summed E-state index contributed by atoms with van der Waals surface area (Å²) in [4.78, 5) is 14.5. The third-order valence-corrected chi connectivity index (χ3v) is 4.38. The normalized spacial score (nSPS) is 16.3. The molecule has 132 valence electrons. The minimum Gasteiger partial charge on any atom is -0.381 e. The van der Waals surface area contributed by atoms with E-state index in [0.717, 1.165) is 31.9 Å². The smallest absolute Gasteiger partial charge is 0.227 e. The highest BCUT2D eigenvalue weighted by atomic mass is 16.5. The van der Waals surface area contributed by atoms with Crippen molar-refractivity contribution in [1.82, 2.24) is 30.4 Å². The maximum Gasteiger partial charge on any atom is 0.227 e. The lowest BCUT2D eigenvalue weighted by Gasteiger charge is -2.32. The summed E-state index contributed by atoms with van der Waals surface area (Å²) in [6, 6.07) is 0.